The van der Waals surface area contributed by atoms with Gasteiger partial charge in [-0.05, 0) is 44.4 Å². The third-order valence-electron chi connectivity index (χ3n) is 4.04. The van der Waals surface area contributed by atoms with Crippen LogP contribution in [0.3, 0.4) is 0 Å². The molecular formula is C18H26FNO3. The van der Waals surface area contributed by atoms with Gasteiger partial charge >= 0.3 is 6.09 Å². The monoisotopic (exact) mass is 323 g/mol. The van der Waals surface area contributed by atoms with Crippen LogP contribution in [0.2, 0.25) is 0 Å². The van der Waals surface area contributed by atoms with Crippen molar-refractivity contribution in [3.8, 4) is 0 Å². The maximum atomic E-state index is 13.6. The van der Waals surface area contributed by atoms with Gasteiger partial charge < -0.3 is 9.84 Å². The molecule has 5 heteroatoms. The van der Waals surface area contributed by atoms with Gasteiger partial charge in [0.1, 0.15) is 11.4 Å². The lowest BCUT2D eigenvalue weighted by Crippen LogP contribution is -2.46. The van der Waals surface area contributed by atoms with Crippen molar-refractivity contribution in [3.05, 3.63) is 35.6 Å². The lowest BCUT2D eigenvalue weighted by atomic mass is 9.99. The van der Waals surface area contributed by atoms with E-state index in [2.05, 4.69) is 0 Å². The molecule has 0 bridgehead atoms. The zero-order valence-corrected chi connectivity index (χ0v) is 14.4. The minimum absolute atomic E-state index is 0.0658. The molecule has 128 valence electrons. The van der Waals surface area contributed by atoms with Crippen LogP contribution in [-0.2, 0) is 4.74 Å². The molecule has 1 aromatic rings. The summed E-state index contributed by atoms with van der Waals surface area (Å²) in [6, 6.07) is 5.44. The van der Waals surface area contributed by atoms with Gasteiger partial charge in [0.25, 0.3) is 0 Å². The molecule has 0 unspecified atom stereocenters. The summed E-state index contributed by atoms with van der Waals surface area (Å²) in [5.41, 5.74) is 0.0524. The molecule has 0 aliphatic carbocycles. The fraction of sp³-hybridized carbons (Fsp3) is 0.611. The highest BCUT2D eigenvalue weighted by Gasteiger charge is 2.46. The molecule has 1 aliphatic heterocycles. The molecule has 2 rings (SSSR count). The average molecular weight is 323 g/mol. The van der Waals surface area contributed by atoms with E-state index in [1.54, 1.807) is 37.8 Å². The van der Waals surface area contributed by atoms with E-state index in [4.69, 9.17) is 4.74 Å². The second kappa shape index (κ2) is 6.48. The predicted octanol–water partition coefficient (Wildman–Crippen LogP) is 3.89. The molecule has 1 heterocycles. The smallest absolute Gasteiger partial charge is 0.411 e. The van der Waals surface area contributed by atoms with Crippen molar-refractivity contribution in [3.63, 3.8) is 0 Å². The number of likely N-dealkylation sites (tertiary alicyclic amines) is 1. The molecule has 23 heavy (non-hydrogen) atoms. The molecule has 1 aromatic carbocycles. The molecule has 1 aliphatic rings. The summed E-state index contributed by atoms with van der Waals surface area (Å²) < 4.78 is 19.1. The Bertz CT molecular complexity index is 568. The largest absolute Gasteiger partial charge is 0.444 e. The summed E-state index contributed by atoms with van der Waals surface area (Å²) in [7, 11) is 0. The Kier molecular flexibility index (Phi) is 4.99. The third-order valence-corrected chi connectivity index (χ3v) is 4.04. The summed E-state index contributed by atoms with van der Waals surface area (Å²) >= 11 is 0. The summed E-state index contributed by atoms with van der Waals surface area (Å²) in [4.78, 5) is 14.3. The second-order valence-corrected chi connectivity index (χ2v) is 7.50. The van der Waals surface area contributed by atoms with Gasteiger partial charge in [0.2, 0.25) is 0 Å². The molecule has 1 amide bonds. The Labute approximate surface area is 137 Å². The summed E-state index contributed by atoms with van der Waals surface area (Å²) in [5, 5.41) is 10.4. The van der Waals surface area contributed by atoms with Gasteiger partial charge in [-0.25, -0.2) is 9.18 Å². The molecule has 1 N–H and O–H groups in total. The average Bonchev–Trinajstić information content (AvgIpc) is 2.74. The number of aliphatic hydroxyl groups is 1. The summed E-state index contributed by atoms with van der Waals surface area (Å²) in [6.45, 7) is 9.33. The standard InChI is InChI=1S/C18H26FNO3/c1-11(2)16-15(21)10-14(12-7-6-8-13(19)9-12)20(16)17(22)23-18(3,4)5/h6-9,11,14-16,21H,10H2,1-5H3/t14-,15+,16-/m0/s1. The minimum atomic E-state index is -0.657. The first-order valence-electron chi connectivity index (χ1n) is 8.05. The fourth-order valence-electron chi connectivity index (χ4n) is 3.21. The number of hydrogen-bond acceptors (Lipinski definition) is 3. The maximum Gasteiger partial charge on any atom is 0.411 e. The topological polar surface area (TPSA) is 49.8 Å². The van der Waals surface area contributed by atoms with Crippen LogP contribution in [0.15, 0.2) is 24.3 Å². The molecule has 4 nitrogen and oxygen atoms in total. The van der Waals surface area contributed by atoms with Crippen molar-refractivity contribution in [2.24, 2.45) is 5.92 Å². The van der Waals surface area contributed by atoms with Crippen molar-refractivity contribution in [1.82, 2.24) is 4.90 Å². The number of amides is 1. The molecule has 1 fully saturated rings. The van der Waals surface area contributed by atoms with Gasteiger partial charge in [-0.15, -0.1) is 0 Å². The highest BCUT2D eigenvalue weighted by Crippen LogP contribution is 2.40. The molecule has 0 spiro atoms. The Hall–Kier alpha value is -1.62. The van der Waals surface area contributed by atoms with E-state index in [1.165, 1.54) is 12.1 Å². The van der Waals surface area contributed by atoms with Crippen molar-refractivity contribution < 1.29 is 19.0 Å². The van der Waals surface area contributed by atoms with Crippen LogP contribution in [0, 0.1) is 11.7 Å². The van der Waals surface area contributed by atoms with Crippen molar-refractivity contribution in [2.45, 2.75) is 64.8 Å². The van der Waals surface area contributed by atoms with Gasteiger partial charge in [0, 0.05) is 6.42 Å². The Morgan fingerprint density at radius 1 is 1.39 bits per heavy atom. The number of carbonyl (C=O) groups excluding carboxylic acids is 1. The van der Waals surface area contributed by atoms with Gasteiger partial charge in [0.15, 0.2) is 0 Å². The Morgan fingerprint density at radius 3 is 2.57 bits per heavy atom. The lowest BCUT2D eigenvalue weighted by molar-refractivity contribution is 0.00155. The molecule has 0 radical (unpaired) electrons. The van der Waals surface area contributed by atoms with Crippen molar-refractivity contribution >= 4 is 6.09 Å². The van der Waals surface area contributed by atoms with Crippen LogP contribution in [0.5, 0.6) is 0 Å². The molecular weight excluding hydrogens is 297 g/mol. The zero-order valence-electron chi connectivity index (χ0n) is 14.4. The van der Waals surface area contributed by atoms with E-state index in [-0.39, 0.29) is 23.8 Å². The van der Waals surface area contributed by atoms with E-state index >= 15 is 0 Å². The number of benzene rings is 1. The van der Waals surface area contributed by atoms with Crippen LogP contribution in [0.4, 0.5) is 9.18 Å². The first-order valence-corrected chi connectivity index (χ1v) is 8.05. The SMILES string of the molecule is CC(C)[C@H]1[C@H](O)C[C@@H](c2cccc(F)c2)N1C(=O)OC(C)(C)C. The maximum absolute atomic E-state index is 13.6. The van der Waals surface area contributed by atoms with Crippen molar-refractivity contribution in [1.29, 1.82) is 0 Å². The number of nitrogens with zero attached hydrogens (tertiary/aromatic N) is 1. The van der Waals surface area contributed by atoms with Gasteiger partial charge in [0.05, 0.1) is 18.2 Å². The van der Waals surface area contributed by atoms with Gasteiger partial charge in [-0.3, -0.25) is 4.90 Å². The molecule has 0 saturated carbocycles. The van der Waals surface area contributed by atoms with E-state index in [0.717, 1.165) is 0 Å². The molecule has 0 aromatic heterocycles. The van der Waals surface area contributed by atoms with Crippen LogP contribution in [-0.4, -0.2) is 33.8 Å². The van der Waals surface area contributed by atoms with Gasteiger partial charge in [-0.1, -0.05) is 26.0 Å². The highest BCUT2D eigenvalue weighted by atomic mass is 19.1. The second-order valence-electron chi connectivity index (χ2n) is 7.50. The van der Waals surface area contributed by atoms with Crippen LogP contribution >= 0.6 is 0 Å². The van der Waals surface area contributed by atoms with Crippen molar-refractivity contribution in [2.75, 3.05) is 0 Å². The summed E-state index contributed by atoms with van der Waals surface area (Å²) in [5.74, 6) is -0.287. The summed E-state index contributed by atoms with van der Waals surface area (Å²) in [6.07, 6.45) is -0.747. The fourth-order valence-corrected chi connectivity index (χ4v) is 3.21. The zero-order chi connectivity index (χ0) is 17.4. The van der Waals surface area contributed by atoms with Crippen LogP contribution < -0.4 is 0 Å². The normalized spacial score (nSPS) is 25.0. The Morgan fingerprint density at radius 2 is 2.04 bits per heavy atom. The van der Waals surface area contributed by atoms with E-state index < -0.39 is 17.8 Å². The number of aliphatic hydroxyl groups excluding tert-OH is 1. The molecule has 3 atom stereocenters. The third kappa shape index (κ3) is 4.02. The first-order chi connectivity index (χ1) is 10.6. The first kappa shape index (κ1) is 17.7. The number of ether oxygens (including phenoxy) is 1. The van der Waals surface area contributed by atoms with Gasteiger partial charge in [-0.2, -0.15) is 0 Å². The number of hydrogen-bond donors (Lipinski definition) is 1. The van der Waals surface area contributed by atoms with E-state index in [9.17, 15) is 14.3 Å². The lowest BCUT2D eigenvalue weighted by Gasteiger charge is -2.34. The Balaban J connectivity index is 2.38. The highest BCUT2D eigenvalue weighted by molar-refractivity contribution is 5.70. The van der Waals surface area contributed by atoms with Crippen LogP contribution in [0.25, 0.3) is 0 Å². The number of halogens is 1. The number of carbonyl (C=O) groups is 1. The van der Waals surface area contributed by atoms with E-state index in [1.807, 2.05) is 13.8 Å². The number of rotatable bonds is 2. The van der Waals surface area contributed by atoms with Crippen LogP contribution in [0.1, 0.15) is 52.6 Å². The predicted molar refractivity (Wildman–Crippen MR) is 86.5 cm³/mol. The molecule has 1 saturated heterocycles. The minimum Gasteiger partial charge on any atom is -0.444 e. The quantitative estimate of drug-likeness (QED) is 0.898. The van der Waals surface area contributed by atoms with E-state index in [0.29, 0.717) is 12.0 Å².